The summed E-state index contributed by atoms with van der Waals surface area (Å²) in [6.45, 7) is 2.73. The number of ether oxygens (including phenoxy) is 2. The van der Waals surface area contributed by atoms with E-state index in [4.69, 9.17) is 15.3 Å². The lowest BCUT2D eigenvalue weighted by atomic mass is 10.2. The molecular formula is C11H17N3O4. The third-order valence-electron chi connectivity index (χ3n) is 2.35. The molecule has 0 saturated carbocycles. The monoisotopic (exact) mass is 255 g/mol. The summed E-state index contributed by atoms with van der Waals surface area (Å²) < 4.78 is 10.4. The van der Waals surface area contributed by atoms with E-state index in [9.17, 15) is 10.1 Å². The molecule has 0 heterocycles. The maximum atomic E-state index is 10.7. The Balaban J connectivity index is 2.71. The van der Waals surface area contributed by atoms with E-state index in [1.54, 1.807) is 19.2 Å². The van der Waals surface area contributed by atoms with Crippen LogP contribution in [0.5, 0.6) is 0 Å². The molecule has 100 valence electrons. The highest BCUT2D eigenvalue weighted by atomic mass is 16.6. The molecule has 0 aliphatic heterocycles. The van der Waals surface area contributed by atoms with E-state index < -0.39 is 4.92 Å². The molecule has 0 bridgehead atoms. The summed E-state index contributed by atoms with van der Waals surface area (Å²) in [4.78, 5) is 10.2. The SMILES string of the molecule is COCC(C)OCc1ccc([N+](=O)[O-])c(NN)c1. The van der Waals surface area contributed by atoms with Gasteiger partial charge in [0.15, 0.2) is 0 Å². The second-order valence-corrected chi connectivity index (χ2v) is 3.83. The van der Waals surface area contributed by atoms with Gasteiger partial charge in [0.05, 0.1) is 24.2 Å². The van der Waals surface area contributed by atoms with Gasteiger partial charge in [0, 0.05) is 13.2 Å². The van der Waals surface area contributed by atoms with Crippen molar-refractivity contribution >= 4 is 11.4 Å². The third-order valence-corrected chi connectivity index (χ3v) is 2.35. The van der Waals surface area contributed by atoms with E-state index >= 15 is 0 Å². The summed E-state index contributed by atoms with van der Waals surface area (Å²) in [5.41, 5.74) is 3.31. The van der Waals surface area contributed by atoms with Crippen molar-refractivity contribution in [1.29, 1.82) is 0 Å². The molecule has 1 rings (SSSR count). The molecule has 1 aromatic carbocycles. The van der Waals surface area contributed by atoms with Crippen LogP contribution >= 0.6 is 0 Å². The molecule has 7 heteroatoms. The van der Waals surface area contributed by atoms with Crippen LogP contribution in [0.15, 0.2) is 18.2 Å². The lowest BCUT2D eigenvalue weighted by molar-refractivity contribution is -0.384. The highest BCUT2D eigenvalue weighted by molar-refractivity contribution is 5.61. The summed E-state index contributed by atoms with van der Waals surface area (Å²) >= 11 is 0. The Morgan fingerprint density at radius 2 is 2.28 bits per heavy atom. The van der Waals surface area contributed by atoms with Crippen LogP contribution in [-0.2, 0) is 16.1 Å². The number of hydrogen-bond donors (Lipinski definition) is 2. The minimum Gasteiger partial charge on any atom is -0.382 e. The zero-order chi connectivity index (χ0) is 13.5. The number of hydrazine groups is 1. The quantitative estimate of drug-likeness (QED) is 0.434. The number of nitrogens with zero attached hydrogens (tertiary/aromatic N) is 1. The molecular weight excluding hydrogens is 238 g/mol. The summed E-state index contributed by atoms with van der Waals surface area (Å²) in [7, 11) is 1.60. The zero-order valence-corrected chi connectivity index (χ0v) is 10.4. The first kappa shape index (κ1) is 14.4. The van der Waals surface area contributed by atoms with Gasteiger partial charge in [0.25, 0.3) is 5.69 Å². The van der Waals surface area contributed by atoms with Gasteiger partial charge in [0.1, 0.15) is 5.69 Å². The van der Waals surface area contributed by atoms with Crippen LogP contribution in [0.4, 0.5) is 11.4 Å². The number of anilines is 1. The fourth-order valence-electron chi connectivity index (χ4n) is 1.47. The minimum atomic E-state index is -0.493. The molecule has 0 aliphatic carbocycles. The highest BCUT2D eigenvalue weighted by Gasteiger charge is 2.13. The second kappa shape index (κ2) is 6.90. The Bertz CT molecular complexity index is 411. The van der Waals surface area contributed by atoms with Crippen LogP contribution < -0.4 is 11.3 Å². The van der Waals surface area contributed by atoms with E-state index in [2.05, 4.69) is 5.43 Å². The first-order chi connectivity index (χ1) is 8.58. The van der Waals surface area contributed by atoms with Gasteiger partial charge in [0.2, 0.25) is 0 Å². The number of nitro groups is 1. The maximum Gasteiger partial charge on any atom is 0.293 e. The van der Waals surface area contributed by atoms with Gasteiger partial charge < -0.3 is 14.9 Å². The number of benzene rings is 1. The first-order valence-corrected chi connectivity index (χ1v) is 5.43. The van der Waals surface area contributed by atoms with Crippen molar-refractivity contribution in [2.45, 2.75) is 19.6 Å². The van der Waals surface area contributed by atoms with E-state index in [1.807, 2.05) is 6.92 Å². The summed E-state index contributed by atoms with van der Waals surface area (Å²) in [6, 6.07) is 4.63. The van der Waals surface area contributed by atoms with Gasteiger partial charge in [-0.3, -0.25) is 16.0 Å². The molecule has 3 N–H and O–H groups in total. The number of nitrogens with one attached hydrogen (secondary N) is 1. The van der Waals surface area contributed by atoms with Crippen LogP contribution in [-0.4, -0.2) is 24.7 Å². The molecule has 0 amide bonds. The number of nitro benzene ring substituents is 1. The van der Waals surface area contributed by atoms with Crippen LogP contribution in [0.3, 0.4) is 0 Å². The van der Waals surface area contributed by atoms with E-state index in [1.165, 1.54) is 6.07 Å². The van der Waals surface area contributed by atoms with Gasteiger partial charge in [-0.25, -0.2) is 0 Å². The number of nitrogens with two attached hydrogens (primary N) is 1. The predicted octanol–water partition coefficient (Wildman–Crippen LogP) is 1.43. The third kappa shape index (κ3) is 3.95. The molecule has 7 nitrogen and oxygen atoms in total. The van der Waals surface area contributed by atoms with Gasteiger partial charge in [-0.15, -0.1) is 0 Å². The molecule has 1 unspecified atom stereocenters. The number of rotatable bonds is 7. The maximum absolute atomic E-state index is 10.7. The van der Waals surface area contributed by atoms with Crippen LogP contribution in [0, 0.1) is 10.1 Å². The van der Waals surface area contributed by atoms with E-state index in [-0.39, 0.29) is 17.5 Å². The van der Waals surface area contributed by atoms with Gasteiger partial charge in [-0.2, -0.15) is 0 Å². The molecule has 1 aromatic rings. The Hall–Kier alpha value is -1.70. The lowest BCUT2D eigenvalue weighted by Crippen LogP contribution is -2.15. The van der Waals surface area contributed by atoms with Crippen molar-refractivity contribution in [2.75, 3.05) is 19.1 Å². The largest absolute Gasteiger partial charge is 0.382 e. The van der Waals surface area contributed by atoms with Crippen molar-refractivity contribution in [3.05, 3.63) is 33.9 Å². The first-order valence-electron chi connectivity index (χ1n) is 5.43. The van der Waals surface area contributed by atoms with Crippen LogP contribution in [0.1, 0.15) is 12.5 Å². The molecule has 1 atom stereocenters. The Kier molecular flexibility index (Phi) is 5.50. The lowest BCUT2D eigenvalue weighted by Gasteiger charge is -2.12. The fourth-order valence-corrected chi connectivity index (χ4v) is 1.47. The van der Waals surface area contributed by atoms with Crippen molar-refractivity contribution < 1.29 is 14.4 Å². The molecule has 18 heavy (non-hydrogen) atoms. The average molecular weight is 255 g/mol. The zero-order valence-electron chi connectivity index (χ0n) is 10.4. The molecule has 0 radical (unpaired) electrons. The standard InChI is InChI=1S/C11H17N3O4/c1-8(6-17-2)18-7-9-3-4-11(14(15)16)10(5-9)13-12/h3-5,8,13H,6-7,12H2,1-2H3. The summed E-state index contributed by atoms with van der Waals surface area (Å²) in [6.07, 6.45) is -0.0422. The van der Waals surface area contributed by atoms with Crippen LogP contribution in [0.25, 0.3) is 0 Å². The fraction of sp³-hybridized carbons (Fsp3) is 0.455. The molecule has 0 spiro atoms. The average Bonchev–Trinajstić information content (AvgIpc) is 2.36. The second-order valence-electron chi connectivity index (χ2n) is 3.83. The van der Waals surface area contributed by atoms with Crippen molar-refractivity contribution in [3.8, 4) is 0 Å². The molecule has 0 fully saturated rings. The topological polar surface area (TPSA) is 99.6 Å². The van der Waals surface area contributed by atoms with Gasteiger partial charge in [-0.05, 0) is 24.6 Å². The normalized spacial score (nSPS) is 12.2. The Morgan fingerprint density at radius 3 is 2.83 bits per heavy atom. The van der Waals surface area contributed by atoms with Crippen molar-refractivity contribution in [1.82, 2.24) is 0 Å². The highest BCUT2D eigenvalue weighted by Crippen LogP contribution is 2.24. The predicted molar refractivity (Wildman–Crippen MR) is 67.0 cm³/mol. The molecule has 0 saturated heterocycles. The Morgan fingerprint density at radius 1 is 1.56 bits per heavy atom. The van der Waals surface area contributed by atoms with Crippen molar-refractivity contribution in [3.63, 3.8) is 0 Å². The number of hydrogen-bond acceptors (Lipinski definition) is 6. The number of nitrogen functional groups attached to an aromatic ring is 1. The summed E-state index contributed by atoms with van der Waals surface area (Å²) in [5.74, 6) is 5.25. The minimum absolute atomic E-state index is 0.0422. The summed E-state index contributed by atoms with van der Waals surface area (Å²) in [5, 5.41) is 10.7. The van der Waals surface area contributed by atoms with E-state index in [0.717, 1.165) is 5.56 Å². The van der Waals surface area contributed by atoms with Gasteiger partial charge >= 0.3 is 0 Å². The van der Waals surface area contributed by atoms with Crippen LogP contribution in [0.2, 0.25) is 0 Å². The van der Waals surface area contributed by atoms with Crippen molar-refractivity contribution in [2.24, 2.45) is 5.84 Å². The Labute approximate surface area is 105 Å². The number of methoxy groups -OCH3 is 1. The van der Waals surface area contributed by atoms with Gasteiger partial charge in [-0.1, -0.05) is 0 Å². The van der Waals surface area contributed by atoms with E-state index in [0.29, 0.717) is 13.2 Å². The molecule has 0 aromatic heterocycles. The smallest absolute Gasteiger partial charge is 0.293 e. The molecule has 0 aliphatic rings.